The maximum Gasteiger partial charge on any atom is 0.270 e. The molecule has 2 saturated carbocycles. The topological polar surface area (TPSA) is 66.8 Å². The number of hydrogen-bond acceptors (Lipinski definition) is 3. The molecule has 138 valence electrons. The lowest BCUT2D eigenvalue weighted by atomic mass is 9.91. The number of rotatable bonds is 5. The van der Waals surface area contributed by atoms with Crippen LogP contribution in [0.2, 0.25) is 0 Å². The van der Waals surface area contributed by atoms with Crippen LogP contribution >= 0.6 is 0 Å². The maximum absolute atomic E-state index is 13.2. The third-order valence-corrected chi connectivity index (χ3v) is 6.25. The first kappa shape index (κ1) is 16.1. The van der Waals surface area contributed by atoms with Gasteiger partial charge in [-0.25, -0.2) is 4.98 Å². The minimum atomic E-state index is 0.152. The second-order valence-corrected chi connectivity index (χ2v) is 8.57. The fourth-order valence-corrected chi connectivity index (χ4v) is 4.45. The second kappa shape index (κ2) is 5.96. The van der Waals surface area contributed by atoms with Gasteiger partial charge in [0.05, 0.1) is 0 Å². The molecule has 26 heavy (non-hydrogen) atoms. The Kier molecular flexibility index (Phi) is 3.69. The average Bonchev–Trinajstić information content (AvgIpc) is 3.50. The molecule has 1 saturated heterocycles. The summed E-state index contributed by atoms with van der Waals surface area (Å²) in [5, 5.41) is 7.65. The average molecular weight is 353 g/mol. The van der Waals surface area contributed by atoms with E-state index in [4.69, 9.17) is 4.98 Å². The SMILES string of the molecule is CC(C)n1cccc1C(=O)N1C[C@H](c2nc(C3CC3)n[nH]2)[C@@H](C2CC2)C1. The molecule has 2 atom stereocenters. The zero-order valence-corrected chi connectivity index (χ0v) is 15.6. The van der Waals surface area contributed by atoms with Crippen LogP contribution < -0.4 is 0 Å². The highest BCUT2D eigenvalue weighted by Gasteiger charge is 2.46. The van der Waals surface area contributed by atoms with Crippen LogP contribution in [-0.4, -0.2) is 43.6 Å². The molecule has 2 aliphatic carbocycles. The Bertz CT molecular complexity index is 814. The van der Waals surface area contributed by atoms with Crippen LogP contribution in [0.25, 0.3) is 0 Å². The Labute approximate surface area is 154 Å². The van der Waals surface area contributed by atoms with E-state index < -0.39 is 0 Å². The summed E-state index contributed by atoms with van der Waals surface area (Å²) in [7, 11) is 0. The summed E-state index contributed by atoms with van der Waals surface area (Å²) in [5.74, 6) is 4.25. The third-order valence-electron chi connectivity index (χ3n) is 6.25. The minimum absolute atomic E-state index is 0.152. The van der Waals surface area contributed by atoms with Gasteiger partial charge in [0.1, 0.15) is 11.5 Å². The third kappa shape index (κ3) is 2.75. The Morgan fingerprint density at radius 1 is 1.23 bits per heavy atom. The Morgan fingerprint density at radius 3 is 2.73 bits per heavy atom. The maximum atomic E-state index is 13.2. The van der Waals surface area contributed by atoms with Crippen molar-refractivity contribution in [3.05, 3.63) is 35.7 Å². The first-order valence-corrected chi connectivity index (χ1v) is 10.00. The van der Waals surface area contributed by atoms with Crippen LogP contribution in [0, 0.1) is 11.8 Å². The highest BCUT2D eigenvalue weighted by Crippen LogP contribution is 2.47. The van der Waals surface area contributed by atoms with E-state index in [1.54, 1.807) is 0 Å². The van der Waals surface area contributed by atoms with Gasteiger partial charge < -0.3 is 9.47 Å². The first-order valence-electron chi connectivity index (χ1n) is 10.00. The molecule has 3 fully saturated rings. The van der Waals surface area contributed by atoms with Crippen LogP contribution in [0.5, 0.6) is 0 Å². The number of nitrogens with one attached hydrogen (secondary N) is 1. The van der Waals surface area contributed by atoms with Gasteiger partial charge in [0, 0.05) is 37.2 Å². The molecular formula is C20H27N5O. The lowest BCUT2D eigenvalue weighted by Gasteiger charge is -2.19. The van der Waals surface area contributed by atoms with Crippen LogP contribution in [-0.2, 0) is 0 Å². The molecule has 2 aromatic heterocycles. The van der Waals surface area contributed by atoms with Gasteiger partial charge in [-0.1, -0.05) is 0 Å². The van der Waals surface area contributed by atoms with Crippen molar-refractivity contribution in [2.75, 3.05) is 13.1 Å². The van der Waals surface area contributed by atoms with Gasteiger partial charge in [0.25, 0.3) is 5.91 Å². The number of hydrogen-bond donors (Lipinski definition) is 1. The molecule has 1 N–H and O–H groups in total. The molecule has 0 spiro atoms. The van der Waals surface area contributed by atoms with Crippen molar-refractivity contribution in [1.82, 2.24) is 24.6 Å². The molecule has 1 aliphatic heterocycles. The van der Waals surface area contributed by atoms with Crippen LogP contribution in [0.4, 0.5) is 0 Å². The number of carbonyl (C=O) groups is 1. The van der Waals surface area contributed by atoms with E-state index in [0.29, 0.717) is 17.8 Å². The Hall–Kier alpha value is -2.11. The van der Waals surface area contributed by atoms with E-state index in [2.05, 4.69) is 28.6 Å². The summed E-state index contributed by atoms with van der Waals surface area (Å²) in [6.07, 6.45) is 7.00. The molecule has 6 nitrogen and oxygen atoms in total. The first-order chi connectivity index (χ1) is 12.6. The summed E-state index contributed by atoms with van der Waals surface area (Å²) in [4.78, 5) is 20.0. The molecular weight excluding hydrogens is 326 g/mol. The number of amides is 1. The van der Waals surface area contributed by atoms with Crippen molar-refractivity contribution in [3.8, 4) is 0 Å². The highest BCUT2D eigenvalue weighted by molar-refractivity contribution is 5.93. The molecule has 0 bridgehead atoms. The van der Waals surface area contributed by atoms with E-state index in [1.165, 1.54) is 25.7 Å². The number of aromatic amines is 1. The van der Waals surface area contributed by atoms with Gasteiger partial charge in [-0.15, -0.1) is 0 Å². The zero-order valence-electron chi connectivity index (χ0n) is 15.6. The van der Waals surface area contributed by atoms with Crippen molar-refractivity contribution in [3.63, 3.8) is 0 Å². The molecule has 1 amide bonds. The van der Waals surface area contributed by atoms with Crippen molar-refractivity contribution in [1.29, 1.82) is 0 Å². The molecule has 0 unspecified atom stereocenters. The predicted octanol–water partition coefficient (Wildman–Crippen LogP) is 3.33. The standard InChI is InChI=1S/C20H27N5O/c1-12(2)25-9-3-4-17(25)20(26)24-10-15(13-5-6-13)16(11-24)19-21-18(22-23-19)14-7-8-14/h3-4,9,12-16H,5-8,10-11H2,1-2H3,(H,21,22,23)/t15-,16+/m1/s1. The molecule has 3 heterocycles. The normalized spacial score (nSPS) is 26.0. The van der Waals surface area contributed by atoms with Gasteiger partial charge in [-0.3, -0.25) is 9.89 Å². The van der Waals surface area contributed by atoms with E-state index in [9.17, 15) is 4.79 Å². The lowest BCUT2D eigenvalue weighted by molar-refractivity contribution is 0.0772. The number of carbonyl (C=O) groups excluding carboxylic acids is 1. The smallest absolute Gasteiger partial charge is 0.270 e. The van der Waals surface area contributed by atoms with Crippen molar-refractivity contribution < 1.29 is 4.79 Å². The lowest BCUT2D eigenvalue weighted by Crippen LogP contribution is -2.31. The number of H-pyrrole nitrogens is 1. The molecule has 3 aliphatic rings. The van der Waals surface area contributed by atoms with E-state index in [1.807, 2.05) is 23.2 Å². The van der Waals surface area contributed by atoms with Crippen LogP contribution in [0.3, 0.4) is 0 Å². The van der Waals surface area contributed by atoms with Crippen molar-refractivity contribution >= 4 is 5.91 Å². The molecule has 2 aromatic rings. The van der Waals surface area contributed by atoms with Gasteiger partial charge >= 0.3 is 0 Å². The quantitative estimate of drug-likeness (QED) is 0.896. The number of nitrogens with zero attached hydrogens (tertiary/aromatic N) is 4. The van der Waals surface area contributed by atoms with Crippen LogP contribution in [0.1, 0.15) is 79.5 Å². The van der Waals surface area contributed by atoms with Gasteiger partial charge in [-0.2, -0.15) is 5.10 Å². The fourth-order valence-electron chi connectivity index (χ4n) is 4.45. The van der Waals surface area contributed by atoms with Crippen LogP contribution in [0.15, 0.2) is 18.3 Å². The molecule has 5 rings (SSSR count). The van der Waals surface area contributed by atoms with Gasteiger partial charge in [0.15, 0.2) is 5.82 Å². The second-order valence-electron chi connectivity index (χ2n) is 8.57. The summed E-state index contributed by atoms with van der Waals surface area (Å²) in [6, 6.07) is 4.20. The Morgan fingerprint density at radius 2 is 2.04 bits per heavy atom. The largest absolute Gasteiger partial charge is 0.341 e. The highest BCUT2D eigenvalue weighted by atomic mass is 16.2. The minimum Gasteiger partial charge on any atom is -0.341 e. The fraction of sp³-hybridized carbons (Fsp3) is 0.650. The van der Waals surface area contributed by atoms with E-state index in [0.717, 1.165) is 36.4 Å². The monoisotopic (exact) mass is 353 g/mol. The van der Waals surface area contributed by atoms with E-state index >= 15 is 0 Å². The Balaban J connectivity index is 1.39. The number of aromatic nitrogens is 4. The summed E-state index contributed by atoms with van der Waals surface area (Å²) in [6.45, 7) is 5.83. The molecule has 6 heteroatoms. The van der Waals surface area contributed by atoms with Gasteiger partial charge in [0.2, 0.25) is 0 Å². The summed E-state index contributed by atoms with van der Waals surface area (Å²) in [5.41, 5.74) is 0.798. The summed E-state index contributed by atoms with van der Waals surface area (Å²) < 4.78 is 2.07. The van der Waals surface area contributed by atoms with E-state index in [-0.39, 0.29) is 11.9 Å². The number of likely N-dealkylation sites (tertiary alicyclic amines) is 1. The molecule has 0 aromatic carbocycles. The van der Waals surface area contributed by atoms with Gasteiger partial charge in [-0.05, 0) is 63.5 Å². The van der Waals surface area contributed by atoms with Crippen molar-refractivity contribution in [2.45, 2.75) is 57.4 Å². The van der Waals surface area contributed by atoms with Crippen molar-refractivity contribution in [2.24, 2.45) is 11.8 Å². The summed E-state index contributed by atoms with van der Waals surface area (Å²) >= 11 is 0. The predicted molar refractivity (Wildman–Crippen MR) is 98.0 cm³/mol. The molecule has 0 radical (unpaired) electrons. The zero-order chi connectivity index (χ0) is 17.8.